The van der Waals surface area contributed by atoms with Crippen molar-refractivity contribution in [1.82, 2.24) is 9.97 Å². The highest BCUT2D eigenvalue weighted by Gasteiger charge is 2.06. The molecule has 0 radical (unpaired) electrons. The molecule has 0 unspecified atom stereocenters. The summed E-state index contributed by atoms with van der Waals surface area (Å²) < 4.78 is 10.8. The molecule has 1 aromatic heterocycles. The van der Waals surface area contributed by atoms with Crippen molar-refractivity contribution in [2.45, 2.75) is 19.7 Å². The summed E-state index contributed by atoms with van der Waals surface area (Å²) in [5, 5.41) is 3.18. The Kier molecular flexibility index (Phi) is 5.63. The topological polar surface area (TPSA) is 56.3 Å². The third-order valence-electron chi connectivity index (χ3n) is 2.68. The summed E-state index contributed by atoms with van der Waals surface area (Å²) in [5.41, 5.74) is 1.80. The maximum absolute atomic E-state index is 5.95. The monoisotopic (exact) mass is 307 g/mol. The molecular formula is C15H18ClN3O2. The van der Waals surface area contributed by atoms with E-state index in [1.807, 2.05) is 32.0 Å². The van der Waals surface area contributed by atoms with Crippen LogP contribution in [0.3, 0.4) is 0 Å². The lowest BCUT2D eigenvalue weighted by atomic mass is 10.2. The number of halogens is 1. The molecule has 1 heterocycles. The quantitative estimate of drug-likeness (QED) is 0.789. The van der Waals surface area contributed by atoms with Gasteiger partial charge in [0, 0.05) is 11.3 Å². The van der Waals surface area contributed by atoms with Crippen LogP contribution in [0.25, 0.3) is 0 Å². The molecule has 112 valence electrons. The molecule has 0 amide bonds. The van der Waals surface area contributed by atoms with E-state index in [1.165, 1.54) is 0 Å². The maximum Gasteiger partial charge on any atom is 0.234 e. The number of nitrogens with zero attached hydrogens (tertiary/aromatic N) is 2. The largest absolute Gasteiger partial charge is 0.494 e. The SMILES string of the molecule is CCOc1cncc(Nc2ccc(OCC)c(CCl)c2)n1. The molecule has 1 aromatic carbocycles. The van der Waals surface area contributed by atoms with E-state index in [1.54, 1.807) is 12.4 Å². The lowest BCUT2D eigenvalue weighted by Crippen LogP contribution is -2.00. The van der Waals surface area contributed by atoms with Gasteiger partial charge in [0.05, 0.1) is 31.5 Å². The van der Waals surface area contributed by atoms with Gasteiger partial charge in [0.2, 0.25) is 5.88 Å². The van der Waals surface area contributed by atoms with Gasteiger partial charge in [-0.2, -0.15) is 4.98 Å². The van der Waals surface area contributed by atoms with Gasteiger partial charge in [-0.15, -0.1) is 11.6 Å². The van der Waals surface area contributed by atoms with Gasteiger partial charge in [-0.05, 0) is 32.0 Å². The number of ether oxygens (including phenoxy) is 2. The number of hydrogen-bond donors (Lipinski definition) is 1. The summed E-state index contributed by atoms with van der Waals surface area (Å²) >= 11 is 5.95. The van der Waals surface area contributed by atoms with Gasteiger partial charge >= 0.3 is 0 Å². The molecule has 2 aromatic rings. The first kappa shape index (κ1) is 15.4. The van der Waals surface area contributed by atoms with Crippen LogP contribution in [0.15, 0.2) is 30.6 Å². The molecule has 1 N–H and O–H groups in total. The van der Waals surface area contributed by atoms with Crippen LogP contribution in [0.4, 0.5) is 11.5 Å². The fourth-order valence-corrected chi connectivity index (χ4v) is 2.04. The molecule has 0 aliphatic heterocycles. The molecule has 0 saturated carbocycles. The van der Waals surface area contributed by atoms with E-state index in [0.717, 1.165) is 17.0 Å². The molecule has 0 saturated heterocycles. The lowest BCUT2D eigenvalue weighted by molar-refractivity contribution is 0.326. The average molecular weight is 308 g/mol. The van der Waals surface area contributed by atoms with E-state index in [9.17, 15) is 0 Å². The van der Waals surface area contributed by atoms with Gasteiger partial charge in [0.15, 0.2) is 5.82 Å². The minimum absolute atomic E-state index is 0.384. The number of rotatable bonds is 7. The van der Waals surface area contributed by atoms with Crippen LogP contribution in [0.2, 0.25) is 0 Å². The third-order valence-corrected chi connectivity index (χ3v) is 2.97. The Hall–Kier alpha value is -2.01. The van der Waals surface area contributed by atoms with E-state index >= 15 is 0 Å². The first-order valence-electron chi connectivity index (χ1n) is 6.80. The zero-order valence-corrected chi connectivity index (χ0v) is 12.9. The summed E-state index contributed by atoms with van der Waals surface area (Å²) in [6.07, 6.45) is 3.22. The number of benzene rings is 1. The van der Waals surface area contributed by atoms with Crippen LogP contribution in [0.1, 0.15) is 19.4 Å². The molecule has 0 aliphatic carbocycles. The smallest absolute Gasteiger partial charge is 0.234 e. The highest BCUT2D eigenvalue weighted by atomic mass is 35.5. The van der Waals surface area contributed by atoms with E-state index in [4.69, 9.17) is 21.1 Å². The van der Waals surface area contributed by atoms with Crippen molar-refractivity contribution in [2.75, 3.05) is 18.5 Å². The van der Waals surface area contributed by atoms with Crippen molar-refractivity contribution < 1.29 is 9.47 Å². The fourth-order valence-electron chi connectivity index (χ4n) is 1.83. The molecule has 6 heteroatoms. The van der Waals surface area contributed by atoms with Gasteiger partial charge in [0.25, 0.3) is 0 Å². The maximum atomic E-state index is 5.95. The second-order valence-electron chi connectivity index (χ2n) is 4.19. The predicted molar refractivity (Wildman–Crippen MR) is 83.7 cm³/mol. The highest BCUT2D eigenvalue weighted by molar-refractivity contribution is 6.17. The first-order valence-corrected chi connectivity index (χ1v) is 7.33. The Morgan fingerprint density at radius 2 is 1.95 bits per heavy atom. The molecular weight excluding hydrogens is 290 g/mol. The van der Waals surface area contributed by atoms with Crippen LogP contribution < -0.4 is 14.8 Å². The van der Waals surface area contributed by atoms with Crippen molar-refractivity contribution in [2.24, 2.45) is 0 Å². The van der Waals surface area contributed by atoms with Gasteiger partial charge in [0.1, 0.15) is 5.75 Å². The zero-order valence-electron chi connectivity index (χ0n) is 12.1. The number of hydrogen-bond acceptors (Lipinski definition) is 5. The van der Waals surface area contributed by atoms with E-state index < -0.39 is 0 Å². The van der Waals surface area contributed by atoms with Gasteiger partial charge < -0.3 is 14.8 Å². The number of nitrogens with one attached hydrogen (secondary N) is 1. The first-order chi connectivity index (χ1) is 10.3. The highest BCUT2D eigenvalue weighted by Crippen LogP contribution is 2.26. The standard InChI is InChI=1S/C15H18ClN3O2/c1-3-20-13-6-5-12(7-11(13)8-16)18-14-9-17-10-15(19-14)21-4-2/h5-7,9-10H,3-4,8H2,1-2H3,(H,18,19). The van der Waals surface area contributed by atoms with E-state index in [-0.39, 0.29) is 0 Å². The van der Waals surface area contributed by atoms with Crippen molar-refractivity contribution in [1.29, 1.82) is 0 Å². The Labute approximate surface area is 129 Å². The number of aromatic nitrogens is 2. The van der Waals surface area contributed by atoms with Crippen LogP contribution in [-0.4, -0.2) is 23.2 Å². The molecule has 21 heavy (non-hydrogen) atoms. The molecule has 5 nitrogen and oxygen atoms in total. The molecule has 0 fully saturated rings. The summed E-state index contributed by atoms with van der Waals surface area (Å²) in [6, 6.07) is 5.74. The summed E-state index contributed by atoms with van der Waals surface area (Å²) in [7, 11) is 0. The van der Waals surface area contributed by atoms with Crippen molar-refractivity contribution >= 4 is 23.1 Å². The zero-order chi connectivity index (χ0) is 15.1. The normalized spacial score (nSPS) is 10.2. The van der Waals surface area contributed by atoms with Gasteiger partial charge in [-0.25, -0.2) is 0 Å². The van der Waals surface area contributed by atoms with Gasteiger partial charge in [-0.1, -0.05) is 0 Å². The van der Waals surface area contributed by atoms with Crippen LogP contribution in [-0.2, 0) is 5.88 Å². The van der Waals surface area contributed by atoms with Crippen LogP contribution in [0.5, 0.6) is 11.6 Å². The average Bonchev–Trinajstić information content (AvgIpc) is 2.50. The lowest BCUT2D eigenvalue weighted by Gasteiger charge is -2.12. The van der Waals surface area contributed by atoms with E-state index in [0.29, 0.717) is 30.8 Å². The second-order valence-corrected chi connectivity index (χ2v) is 4.46. The summed E-state index contributed by atoms with van der Waals surface area (Å²) in [4.78, 5) is 8.40. The van der Waals surface area contributed by atoms with Crippen molar-refractivity contribution in [3.05, 3.63) is 36.2 Å². The van der Waals surface area contributed by atoms with Crippen LogP contribution >= 0.6 is 11.6 Å². The van der Waals surface area contributed by atoms with Crippen LogP contribution in [0, 0.1) is 0 Å². The number of alkyl halides is 1. The Bertz CT molecular complexity index is 593. The third kappa shape index (κ3) is 4.23. The number of anilines is 2. The summed E-state index contributed by atoms with van der Waals surface area (Å²) in [5.74, 6) is 2.29. The molecule has 0 atom stereocenters. The minimum Gasteiger partial charge on any atom is -0.494 e. The van der Waals surface area contributed by atoms with Gasteiger partial charge in [-0.3, -0.25) is 4.98 Å². The fraction of sp³-hybridized carbons (Fsp3) is 0.333. The second kappa shape index (κ2) is 7.69. The minimum atomic E-state index is 0.384. The Morgan fingerprint density at radius 1 is 1.14 bits per heavy atom. The van der Waals surface area contributed by atoms with Crippen molar-refractivity contribution in [3.8, 4) is 11.6 Å². The Morgan fingerprint density at radius 3 is 2.67 bits per heavy atom. The molecule has 2 rings (SSSR count). The Balaban J connectivity index is 2.17. The van der Waals surface area contributed by atoms with Crippen molar-refractivity contribution in [3.63, 3.8) is 0 Å². The van der Waals surface area contributed by atoms with E-state index in [2.05, 4.69) is 15.3 Å². The molecule has 0 aliphatic rings. The summed E-state index contributed by atoms with van der Waals surface area (Å²) in [6.45, 7) is 5.01. The molecule has 0 spiro atoms. The predicted octanol–water partition coefficient (Wildman–Crippen LogP) is 3.76. The molecule has 0 bridgehead atoms.